The maximum absolute atomic E-state index is 14.2. The molecule has 1 aliphatic carbocycles. The number of hydrogen-bond donors (Lipinski definition) is 4. The SMILES string of the molecule is C[C@H]1CN(C(=O)C2CCC(CCc3ccc4c(c3)n(C)c(=O)n4C3CCC(=O)NC3=O)CC2)CC[C@H]2CC[C@@H](C(=O)N[C@@H](CCC(N)=O)C(=O)NC(c3ccccc3)c3ccccc3)N2C1=O. The number of imide groups is 1. The van der Waals surface area contributed by atoms with E-state index in [1.165, 1.54) is 4.57 Å². The number of carbonyl (C=O) groups is 7. The molecule has 3 aliphatic heterocycles. The van der Waals surface area contributed by atoms with Gasteiger partial charge in [-0.05, 0) is 105 Å². The predicted molar refractivity (Wildman–Crippen MR) is 250 cm³/mol. The number of amides is 7. The van der Waals surface area contributed by atoms with Gasteiger partial charge in [-0.15, -0.1) is 0 Å². The van der Waals surface area contributed by atoms with Crippen molar-refractivity contribution < 1.29 is 33.6 Å². The van der Waals surface area contributed by atoms with E-state index < -0.39 is 53.7 Å². The van der Waals surface area contributed by atoms with Gasteiger partial charge in [0.05, 0.1) is 23.0 Å². The monoisotopic (exact) mass is 914 g/mol. The second-order valence-electron chi connectivity index (χ2n) is 19.1. The van der Waals surface area contributed by atoms with E-state index in [0.717, 1.165) is 60.7 Å². The molecule has 3 aromatic carbocycles. The van der Waals surface area contributed by atoms with Gasteiger partial charge < -0.3 is 26.2 Å². The van der Waals surface area contributed by atoms with Crippen molar-refractivity contribution in [2.45, 2.75) is 121 Å². The number of nitrogens with one attached hydrogen (secondary N) is 3. The molecule has 0 radical (unpaired) electrons. The van der Waals surface area contributed by atoms with Gasteiger partial charge in [0.25, 0.3) is 0 Å². The Morgan fingerprint density at radius 1 is 0.806 bits per heavy atom. The summed E-state index contributed by atoms with van der Waals surface area (Å²) in [4.78, 5) is 109. The molecule has 4 aliphatic rings. The van der Waals surface area contributed by atoms with E-state index in [9.17, 15) is 38.4 Å². The topological polar surface area (TPSA) is 215 Å². The maximum atomic E-state index is 14.2. The Balaban J connectivity index is 0.850. The molecule has 1 unspecified atom stereocenters. The molecule has 5 N–H and O–H groups in total. The van der Waals surface area contributed by atoms with E-state index in [-0.39, 0.29) is 67.6 Å². The first-order chi connectivity index (χ1) is 32.3. The van der Waals surface area contributed by atoms with Gasteiger partial charge in [-0.1, -0.05) is 73.7 Å². The Morgan fingerprint density at radius 2 is 1.49 bits per heavy atom. The summed E-state index contributed by atoms with van der Waals surface area (Å²) in [6.07, 6.45) is 6.99. The number of piperidine rings is 1. The zero-order chi connectivity index (χ0) is 47.4. The van der Waals surface area contributed by atoms with Crippen molar-refractivity contribution in [3.8, 4) is 0 Å². The molecule has 0 bridgehead atoms. The van der Waals surface area contributed by atoms with Crippen LogP contribution in [0.25, 0.3) is 11.0 Å². The molecule has 4 aromatic rings. The van der Waals surface area contributed by atoms with Gasteiger partial charge in [0, 0.05) is 44.9 Å². The highest BCUT2D eigenvalue weighted by Gasteiger charge is 2.45. The van der Waals surface area contributed by atoms with Gasteiger partial charge >= 0.3 is 5.69 Å². The van der Waals surface area contributed by atoms with Gasteiger partial charge in [0.1, 0.15) is 18.1 Å². The maximum Gasteiger partial charge on any atom is 0.329 e. The van der Waals surface area contributed by atoms with Crippen LogP contribution in [0.4, 0.5) is 0 Å². The van der Waals surface area contributed by atoms with E-state index in [1.807, 2.05) is 90.7 Å². The summed E-state index contributed by atoms with van der Waals surface area (Å²) in [5.74, 6) is -2.64. The van der Waals surface area contributed by atoms with Gasteiger partial charge in [-0.3, -0.25) is 48.0 Å². The first-order valence-corrected chi connectivity index (χ1v) is 23.9. The third-order valence-corrected chi connectivity index (χ3v) is 14.6. The number of carbonyl (C=O) groups excluding carboxylic acids is 7. The Bertz CT molecular complexity index is 2530. The molecule has 1 aromatic heterocycles. The fraction of sp³-hybridized carbons (Fsp3) is 0.490. The first kappa shape index (κ1) is 46.9. The van der Waals surface area contributed by atoms with E-state index in [2.05, 4.69) is 16.0 Å². The minimum absolute atomic E-state index is 0.00699. The number of imidazole rings is 1. The van der Waals surface area contributed by atoms with Crippen LogP contribution in [-0.2, 0) is 47.0 Å². The molecule has 3 saturated heterocycles. The number of aryl methyl sites for hydroxylation is 2. The lowest BCUT2D eigenvalue weighted by molar-refractivity contribution is -0.148. The van der Waals surface area contributed by atoms with Crippen molar-refractivity contribution in [3.05, 3.63) is 106 Å². The van der Waals surface area contributed by atoms with Crippen LogP contribution >= 0.6 is 0 Å². The molecule has 4 heterocycles. The van der Waals surface area contributed by atoms with Crippen LogP contribution in [0.5, 0.6) is 0 Å². The van der Waals surface area contributed by atoms with Crippen molar-refractivity contribution in [3.63, 3.8) is 0 Å². The summed E-state index contributed by atoms with van der Waals surface area (Å²) in [7, 11) is 1.70. The van der Waals surface area contributed by atoms with E-state index in [1.54, 1.807) is 16.5 Å². The second-order valence-corrected chi connectivity index (χ2v) is 19.1. The number of nitrogens with zero attached hydrogens (tertiary/aromatic N) is 4. The standard InChI is InChI=1S/C51H62N8O8/c1-31-30-57(50(66)36-18-15-32(16-19-36)13-14-33-17-22-39-42(29-33)56(2)51(67)59(39)41-24-26-44(61)54-48(41)64)28-27-37-20-23-40(58(37)49(31)65)47(63)53-38(21-25-43(52)60)46(62)55-45(34-9-5-3-6-10-34)35-11-7-4-8-12-35/h3-12,17,22,29,31-32,36-38,40-41,45H,13-16,18-21,23-28,30H2,1-2H3,(H2,52,60)(H,53,63)(H,55,62)(H,54,61,64)/t31-,32?,36?,37+,38-,40-,41?/m0/s1. The average molecular weight is 915 g/mol. The molecule has 67 heavy (non-hydrogen) atoms. The number of fused-ring (bicyclic) bond motifs is 2. The Kier molecular flexibility index (Phi) is 14.4. The highest BCUT2D eigenvalue weighted by molar-refractivity contribution is 6.00. The molecular formula is C51H62N8O8. The van der Waals surface area contributed by atoms with Gasteiger partial charge in [-0.25, -0.2) is 4.79 Å². The summed E-state index contributed by atoms with van der Waals surface area (Å²) in [5, 5.41) is 8.33. The van der Waals surface area contributed by atoms with Crippen molar-refractivity contribution in [1.82, 2.24) is 34.9 Å². The summed E-state index contributed by atoms with van der Waals surface area (Å²) >= 11 is 0. The van der Waals surface area contributed by atoms with Crippen molar-refractivity contribution in [1.29, 1.82) is 0 Å². The molecule has 8 rings (SSSR count). The van der Waals surface area contributed by atoms with Crippen LogP contribution in [0.15, 0.2) is 83.7 Å². The number of aromatic nitrogens is 2. The largest absolute Gasteiger partial charge is 0.370 e. The predicted octanol–water partition coefficient (Wildman–Crippen LogP) is 3.94. The van der Waals surface area contributed by atoms with Crippen LogP contribution in [0, 0.1) is 17.8 Å². The Labute approximate surface area is 390 Å². The van der Waals surface area contributed by atoms with Gasteiger partial charge in [-0.2, -0.15) is 0 Å². The minimum Gasteiger partial charge on any atom is -0.370 e. The Hall–Kier alpha value is -6.58. The fourth-order valence-corrected chi connectivity index (χ4v) is 10.9. The van der Waals surface area contributed by atoms with Crippen molar-refractivity contribution in [2.24, 2.45) is 30.5 Å². The van der Waals surface area contributed by atoms with Crippen LogP contribution < -0.4 is 27.4 Å². The Morgan fingerprint density at radius 3 is 2.15 bits per heavy atom. The number of hydrogen-bond acceptors (Lipinski definition) is 8. The minimum atomic E-state index is -1.08. The highest BCUT2D eigenvalue weighted by Crippen LogP contribution is 2.36. The molecule has 0 spiro atoms. The summed E-state index contributed by atoms with van der Waals surface area (Å²) in [6.45, 7) is 2.55. The molecule has 7 amide bonds. The molecule has 16 heteroatoms. The number of nitrogens with two attached hydrogens (primary N) is 1. The average Bonchev–Trinajstić information content (AvgIpc) is 3.86. The van der Waals surface area contributed by atoms with Crippen LogP contribution in [0.1, 0.15) is 113 Å². The van der Waals surface area contributed by atoms with Crippen LogP contribution in [0.2, 0.25) is 0 Å². The van der Waals surface area contributed by atoms with Gasteiger partial charge in [0.15, 0.2) is 0 Å². The normalized spacial score (nSPS) is 23.8. The van der Waals surface area contributed by atoms with Crippen molar-refractivity contribution in [2.75, 3.05) is 13.1 Å². The quantitative estimate of drug-likeness (QED) is 0.136. The third-order valence-electron chi connectivity index (χ3n) is 14.6. The second kappa shape index (κ2) is 20.5. The van der Waals surface area contributed by atoms with Crippen LogP contribution in [-0.4, -0.2) is 91.5 Å². The van der Waals surface area contributed by atoms with Crippen LogP contribution in [0.3, 0.4) is 0 Å². The number of benzene rings is 3. The zero-order valence-electron chi connectivity index (χ0n) is 38.4. The first-order valence-electron chi connectivity index (χ1n) is 23.9. The molecule has 1 saturated carbocycles. The molecule has 5 atom stereocenters. The summed E-state index contributed by atoms with van der Waals surface area (Å²) in [5.41, 5.74) is 9.40. The van der Waals surface area contributed by atoms with E-state index >= 15 is 0 Å². The smallest absolute Gasteiger partial charge is 0.329 e. The molecular weight excluding hydrogens is 853 g/mol. The molecule has 16 nitrogen and oxygen atoms in total. The zero-order valence-corrected chi connectivity index (χ0v) is 38.4. The number of primary amides is 1. The lowest BCUT2D eigenvalue weighted by Gasteiger charge is -2.39. The lowest BCUT2D eigenvalue weighted by Crippen LogP contribution is -2.57. The van der Waals surface area contributed by atoms with E-state index in [0.29, 0.717) is 37.2 Å². The highest BCUT2D eigenvalue weighted by atomic mass is 16.2. The third kappa shape index (κ3) is 10.4. The van der Waals surface area contributed by atoms with Gasteiger partial charge in [0.2, 0.25) is 41.4 Å². The van der Waals surface area contributed by atoms with Crippen molar-refractivity contribution >= 4 is 52.4 Å². The van der Waals surface area contributed by atoms with E-state index in [4.69, 9.17) is 5.73 Å². The summed E-state index contributed by atoms with van der Waals surface area (Å²) in [6, 6.07) is 21.5. The molecule has 354 valence electrons. The summed E-state index contributed by atoms with van der Waals surface area (Å²) < 4.78 is 3.05. The fourth-order valence-electron chi connectivity index (χ4n) is 10.9. The molecule has 4 fully saturated rings. The number of rotatable bonds is 14. The lowest BCUT2D eigenvalue weighted by atomic mass is 9.79.